The first kappa shape index (κ1) is 14.0. The number of carboxylic acids is 2. The zero-order chi connectivity index (χ0) is 13.8. The SMILES string of the molecule is O=C(O)CC(Sc1cc(-c2csnn2)cs1)C(=O)O. The van der Waals surface area contributed by atoms with Crippen molar-refractivity contribution in [1.82, 2.24) is 9.59 Å². The first-order chi connectivity index (χ1) is 9.06. The van der Waals surface area contributed by atoms with E-state index in [1.54, 1.807) is 11.4 Å². The van der Waals surface area contributed by atoms with E-state index in [1.807, 2.05) is 5.38 Å². The van der Waals surface area contributed by atoms with Gasteiger partial charge >= 0.3 is 11.9 Å². The van der Waals surface area contributed by atoms with Crippen LogP contribution in [0.15, 0.2) is 21.0 Å². The smallest absolute Gasteiger partial charge is 0.317 e. The van der Waals surface area contributed by atoms with Gasteiger partial charge in [0.2, 0.25) is 0 Å². The van der Waals surface area contributed by atoms with Gasteiger partial charge in [0, 0.05) is 16.3 Å². The maximum absolute atomic E-state index is 11.0. The van der Waals surface area contributed by atoms with E-state index in [2.05, 4.69) is 9.59 Å². The van der Waals surface area contributed by atoms with Crippen LogP contribution in [0.3, 0.4) is 0 Å². The van der Waals surface area contributed by atoms with E-state index < -0.39 is 23.6 Å². The molecule has 1 atom stereocenters. The Morgan fingerprint density at radius 2 is 2.16 bits per heavy atom. The van der Waals surface area contributed by atoms with Crippen molar-refractivity contribution in [3.63, 3.8) is 0 Å². The summed E-state index contributed by atoms with van der Waals surface area (Å²) in [7, 11) is 0. The third kappa shape index (κ3) is 3.75. The zero-order valence-electron chi connectivity index (χ0n) is 9.35. The number of aliphatic carboxylic acids is 2. The molecule has 0 saturated heterocycles. The quantitative estimate of drug-likeness (QED) is 0.788. The molecule has 0 aliphatic heterocycles. The first-order valence-electron chi connectivity index (χ1n) is 5.03. The van der Waals surface area contributed by atoms with Crippen molar-refractivity contribution in [2.75, 3.05) is 0 Å². The second-order valence-electron chi connectivity index (χ2n) is 3.49. The molecular formula is C10H8N2O4S3. The molecular weight excluding hydrogens is 308 g/mol. The lowest BCUT2D eigenvalue weighted by Gasteiger charge is -2.06. The monoisotopic (exact) mass is 316 g/mol. The fraction of sp³-hybridized carbons (Fsp3) is 0.200. The lowest BCUT2D eigenvalue weighted by molar-refractivity contribution is -0.142. The lowest BCUT2D eigenvalue weighted by Crippen LogP contribution is -2.19. The molecule has 2 aromatic rings. The van der Waals surface area contributed by atoms with Crippen LogP contribution in [0.4, 0.5) is 0 Å². The molecule has 0 amide bonds. The van der Waals surface area contributed by atoms with Crippen molar-refractivity contribution < 1.29 is 19.8 Å². The van der Waals surface area contributed by atoms with Crippen molar-refractivity contribution in [2.45, 2.75) is 15.9 Å². The number of nitrogens with zero attached hydrogens (tertiary/aromatic N) is 2. The molecule has 0 aliphatic rings. The Hall–Kier alpha value is -1.45. The highest BCUT2D eigenvalue weighted by atomic mass is 32.2. The van der Waals surface area contributed by atoms with E-state index in [0.717, 1.165) is 27.2 Å². The number of hydrogen-bond donors (Lipinski definition) is 2. The van der Waals surface area contributed by atoms with E-state index in [9.17, 15) is 9.59 Å². The van der Waals surface area contributed by atoms with Crippen LogP contribution in [0.5, 0.6) is 0 Å². The van der Waals surface area contributed by atoms with Gasteiger partial charge in [0.05, 0.1) is 10.6 Å². The largest absolute Gasteiger partial charge is 0.481 e. The predicted molar refractivity (Wildman–Crippen MR) is 72.8 cm³/mol. The molecule has 0 radical (unpaired) electrons. The third-order valence-electron chi connectivity index (χ3n) is 2.13. The number of aromatic nitrogens is 2. The van der Waals surface area contributed by atoms with Crippen LogP contribution in [0.1, 0.15) is 6.42 Å². The summed E-state index contributed by atoms with van der Waals surface area (Å²) in [5.41, 5.74) is 1.60. The Morgan fingerprint density at radius 3 is 2.74 bits per heavy atom. The summed E-state index contributed by atoms with van der Waals surface area (Å²) in [5.74, 6) is -2.25. The molecule has 0 fully saturated rings. The number of thioether (sulfide) groups is 1. The van der Waals surface area contributed by atoms with E-state index in [-0.39, 0.29) is 0 Å². The van der Waals surface area contributed by atoms with Crippen LogP contribution in [-0.4, -0.2) is 37.0 Å². The Morgan fingerprint density at radius 1 is 1.37 bits per heavy atom. The van der Waals surface area contributed by atoms with Gasteiger partial charge in [-0.15, -0.1) is 16.4 Å². The van der Waals surface area contributed by atoms with Crippen molar-refractivity contribution in [2.24, 2.45) is 0 Å². The molecule has 2 rings (SSSR count). The van der Waals surface area contributed by atoms with Gasteiger partial charge in [0.1, 0.15) is 10.9 Å². The van der Waals surface area contributed by atoms with Crippen LogP contribution >= 0.6 is 34.6 Å². The molecule has 0 aromatic carbocycles. The normalized spacial score (nSPS) is 12.2. The maximum Gasteiger partial charge on any atom is 0.317 e. The summed E-state index contributed by atoms with van der Waals surface area (Å²) in [6.07, 6.45) is -0.411. The number of hydrogen-bond acceptors (Lipinski definition) is 7. The summed E-state index contributed by atoms with van der Waals surface area (Å²) in [6, 6.07) is 1.80. The number of carbonyl (C=O) groups is 2. The second kappa shape index (κ2) is 6.13. The van der Waals surface area contributed by atoms with Crippen LogP contribution in [0.2, 0.25) is 0 Å². The Labute approximate surface area is 120 Å². The van der Waals surface area contributed by atoms with Gasteiger partial charge in [-0.05, 0) is 17.6 Å². The number of thiophene rings is 1. The highest BCUT2D eigenvalue weighted by molar-refractivity contribution is 8.02. The van der Waals surface area contributed by atoms with Crippen molar-refractivity contribution in [3.8, 4) is 11.3 Å². The van der Waals surface area contributed by atoms with Gasteiger partial charge in [0.25, 0.3) is 0 Å². The Kier molecular flexibility index (Phi) is 4.51. The molecule has 2 aromatic heterocycles. The van der Waals surface area contributed by atoms with E-state index in [1.165, 1.54) is 22.9 Å². The molecule has 0 bridgehead atoms. The van der Waals surface area contributed by atoms with Gasteiger partial charge in [-0.25, -0.2) is 0 Å². The molecule has 9 heteroatoms. The van der Waals surface area contributed by atoms with E-state index >= 15 is 0 Å². The van der Waals surface area contributed by atoms with Gasteiger partial charge in [-0.1, -0.05) is 16.3 Å². The molecule has 2 heterocycles. The standard InChI is InChI=1S/C10H8N2O4S3/c13-8(14)2-7(10(15)16)19-9-1-5(3-17-9)6-4-18-12-11-6/h1,3-4,7H,2H2,(H,13,14)(H,15,16). The van der Waals surface area contributed by atoms with Crippen molar-refractivity contribution in [3.05, 3.63) is 16.8 Å². The zero-order valence-corrected chi connectivity index (χ0v) is 11.8. The highest BCUT2D eigenvalue weighted by Gasteiger charge is 2.23. The molecule has 0 saturated carbocycles. The maximum atomic E-state index is 11.0. The number of carboxylic acid groups (broad SMARTS) is 2. The molecule has 0 aliphatic carbocycles. The van der Waals surface area contributed by atoms with Crippen molar-refractivity contribution >= 4 is 46.6 Å². The number of rotatable bonds is 6. The molecule has 1 unspecified atom stereocenters. The lowest BCUT2D eigenvalue weighted by atomic mass is 10.3. The minimum absolute atomic E-state index is 0.411. The van der Waals surface area contributed by atoms with Crippen LogP contribution in [0.25, 0.3) is 11.3 Å². The van der Waals surface area contributed by atoms with E-state index in [4.69, 9.17) is 10.2 Å². The van der Waals surface area contributed by atoms with Gasteiger partial charge in [0.15, 0.2) is 0 Å². The van der Waals surface area contributed by atoms with Crippen LogP contribution < -0.4 is 0 Å². The van der Waals surface area contributed by atoms with Gasteiger partial charge in [-0.2, -0.15) is 0 Å². The molecule has 6 nitrogen and oxygen atoms in total. The van der Waals surface area contributed by atoms with Gasteiger partial charge in [-0.3, -0.25) is 9.59 Å². The van der Waals surface area contributed by atoms with Crippen LogP contribution in [0, 0.1) is 0 Å². The summed E-state index contributed by atoms with van der Waals surface area (Å²) in [4.78, 5) is 21.6. The van der Waals surface area contributed by atoms with E-state index in [0.29, 0.717) is 0 Å². The molecule has 0 spiro atoms. The van der Waals surface area contributed by atoms with Gasteiger partial charge < -0.3 is 10.2 Å². The molecule has 19 heavy (non-hydrogen) atoms. The molecule has 100 valence electrons. The highest BCUT2D eigenvalue weighted by Crippen LogP contribution is 2.34. The Bertz CT molecular complexity index is 581. The third-order valence-corrected chi connectivity index (χ3v) is 4.93. The Balaban J connectivity index is 2.10. The van der Waals surface area contributed by atoms with Crippen molar-refractivity contribution in [1.29, 1.82) is 0 Å². The fourth-order valence-electron chi connectivity index (χ4n) is 1.28. The predicted octanol–water partition coefficient (Wildman–Crippen LogP) is 2.29. The minimum Gasteiger partial charge on any atom is -0.481 e. The summed E-state index contributed by atoms with van der Waals surface area (Å²) < 4.78 is 4.50. The average molecular weight is 316 g/mol. The fourth-order valence-corrected chi connectivity index (χ4v) is 3.89. The second-order valence-corrected chi connectivity index (χ2v) is 6.51. The molecule has 2 N–H and O–H groups in total. The average Bonchev–Trinajstić information content (AvgIpc) is 2.97. The minimum atomic E-state index is -1.13. The summed E-state index contributed by atoms with van der Waals surface area (Å²) in [5, 5.41) is 24.2. The first-order valence-corrected chi connectivity index (χ1v) is 7.63. The van der Waals surface area contributed by atoms with Crippen LogP contribution in [-0.2, 0) is 9.59 Å². The summed E-state index contributed by atoms with van der Waals surface area (Å²) >= 11 is 3.64. The topological polar surface area (TPSA) is 100 Å². The summed E-state index contributed by atoms with van der Waals surface area (Å²) in [6.45, 7) is 0.